The van der Waals surface area contributed by atoms with Crippen LogP contribution >= 0.6 is 0 Å². The normalized spacial score (nSPS) is 11.6. The van der Waals surface area contributed by atoms with Crippen molar-refractivity contribution in [2.24, 2.45) is 0 Å². The van der Waals surface area contributed by atoms with E-state index < -0.39 is 10.1 Å². The molecule has 2 aromatic rings. The Kier molecular flexibility index (Phi) is 14.3. The number of hydrogen-bond donors (Lipinski definition) is 0. The van der Waals surface area contributed by atoms with Gasteiger partial charge in [0.1, 0.15) is 10.1 Å². The summed E-state index contributed by atoms with van der Waals surface area (Å²) in [4.78, 5) is -0.0275. The molecule has 31 heavy (non-hydrogen) atoms. The average molecular weight is 455 g/mol. The van der Waals surface area contributed by atoms with Crippen LogP contribution in [0.5, 0.6) is 0 Å². The number of benzene rings is 2. The van der Waals surface area contributed by atoms with E-state index >= 15 is 0 Å². The first-order valence-corrected chi connectivity index (χ1v) is 13.4. The Labute approximate surface area is 212 Å². The van der Waals surface area contributed by atoms with Gasteiger partial charge in [0.15, 0.2) is 0 Å². The Morgan fingerprint density at radius 2 is 1.23 bits per heavy atom. The number of unbranched alkanes of at least 4 members (excludes halogenated alkanes) is 10. The molecule has 5 heteroatoms. The number of hydrogen-bond acceptors (Lipinski definition) is 3. The zero-order valence-electron chi connectivity index (χ0n) is 19.9. The molecule has 0 atom stereocenters. The first-order chi connectivity index (χ1) is 14.5. The van der Waals surface area contributed by atoms with Crippen LogP contribution < -0.4 is 29.6 Å². The van der Waals surface area contributed by atoms with E-state index in [1.54, 1.807) is 6.07 Å². The van der Waals surface area contributed by atoms with Gasteiger partial charge in [-0.2, -0.15) is 0 Å². The van der Waals surface area contributed by atoms with Gasteiger partial charge in [0.05, 0.1) is 4.90 Å². The van der Waals surface area contributed by atoms with Crippen LogP contribution in [0.4, 0.5) is 0 Å². The van der Waals surface area contributed by atoms with Crippen molar-refractivity contribution >= 4 is 20.9 Å². The molecule has 168 valence electrons. The maximum atomic E-state index is 11.9. The van der Waals surface area contributed by atoms with Gasteiger partial charge in [0.2, 0.25) is 0 Å². The molecule has 2 rings (SSSR count). The van der Waals surface area contributed by atoms with Crippen LogP contribution in [0.25, 0.3) is 10.8 Å². The Balaban J connectivity index is 0.00000480. The summed E-state index contributed by atoms with van der Waals surface area (Å²) in [6.07, 6.45) is 16.1. The van der Waals surface area contributed by atoms with Gasteiger partial charge >= 0.3 is 29.6 Å². The minimum Gasteiger partial charge on any atom is -0.744 e. The molecule has 0 aliphatic heterocycles. The second kappa shape index (κ2) is 15.4. The van der Waals surface area contributed by atoms with E-state index in [9.17, 15) is 13.0 Å². The van der Waals surface area contributed by atoms with Crippen molar-refractivity contribution in [1.82, 2.24) is 0 Å². The maximum absolute atomic E-state index is 11.9. The van der Waals surface area contributed by atoms with Crippen LogP contribution in [0.15, 0.2) is 35.2 Å². The second-order valence-electron chi connectivity index (χ2n) is 8.59. The molecule has 0 spiro atoms. The van der Waals surface area contributed by atoms with Gasteiger partial charge in [-0.1, -0.05) is 96.3 Å². The van der Waals surface area contributed by atoms with Gasteiger partial charge in [0.25, 0.3) is 0 Å². The van der Waals surface area contributed by atoms with Crippen molar-refractivity contribution in [1.29, 1.82) is 0 Å². The summed E-state index contributed by atoms with van der Waals surface area (Å²) in [6.45, 7) is 4.43. The van der Waals surface area contributed by atoms with E-state index in [1.807, 2.05) is 18.2 Å². The SMILES string of the molecule is CCCCCCCCc1cc2c(CCCCCCCC)cccc2cc1S(=O)(=O)[O-].[Na+]. The topological polar surface area (TPSA) is 57.2 Å². The fraction of sp³-hybridized carbons (Fsp3) is 0.615. The molecule has 2 aromatic carbocycles. The minimum atomic E-state index is -4.47. The van der Waals surface area contributed by atoms with Crippen LogP contribution in [0.3, 0.4) is 0 Å². The number of rotatable bonds is 15. The Bertz CT molecular complexity index is 878. The molecule has 3 nitrogen and oxygen atoms in total. The van der Waals surface area contributed by atoms with E-state index in [-0.39, 0.29) is 34.5 Å². The van der Waals surface area contributed by atoms with Gasteiger partial charge < -0.3 is 4.55 Å². The molecule has 0 unspecified atom stereocenters. The third-order valence-electron chi connectivity index (χ3n) is 6.02. The summed E-state index contributed by atoms with van der Waals surface area (Å²) in [5.41, 5.74) is 1.96. The molecular weight excluding hydrogens is 415 g/mol. The van der Waals surface area contributed by atoms with Crippen molar-refractivity contribution in [2.45, 2.75) is 109 Å². The maximum Gasteiger partial charge on any atom is 1.00 e. The van der Waals surface area contributed by atoms with Crippen molar-refractivity contribution in [2.75, 3.05) is 0 Å². The third kappa shape index (κ3) is 9.96. The molecule has 0 N–H and O–H groups in total. The van der Waals surface area contributed by atoms with E-state index in [0.29, 0.717) is 12.0 Å². The smallest absolute Gasteiger partial charge is 0.744 e. The Morgan fingerprint density at radius 3 is 1.77 bits per heavy atom. The van der Waals surface area contributed by atoms with E-state index in [2.05, 4.69) is 19.9 Å². The monoisotopic (exact) mass is 454 g/mol. The van der Waals surface area contributed by atoms with Crippen LogP contribution in [0.1, 0.15) is 102 Å². The molecule has 0 aromatic heterocycles. The molecular formula is C26H39NaO3S. The van der Waals surface area contributed by atoms with Crippen LogP contribution in [-0.2, 0) is 23.0 Å². The summed E-state index contributed by atoms with van der Waals surface area (Å²) in [5.74, 6) is 0. The fourth-order valence-electron chi connectivity index (χ4n) is 4.25. The van der Waals surface area contributed by atoms with Gasteiger partial charge in [-0.15, -0.1) is 0 Å². The van der Waals surface area contributed by atoms with Crippen LogP contribution in [-0.4, -0.2) is 13.0 Å². The Morgan fingerprint density at radius 1 is 0.710 bits per heavy atom. The van der Waals surface area contributed by atoms with Crippen LogP contribution in [0.2, 0.25) is 0 Å². The quantitative estimate of drug-likeness (QED) is 0.225. The number of aryl methyl sites for hydroxylation is 2. The zero-order valence-corrected chi connectivity index (χ0v) is 22.7. The van der Waals surface area contributed by atoms with Gasteiger partial charge in [0, 0.05) is 0 Å². The molecule has 0 saturated heterocycles. The van der Waals surface area contributed by atoms with Crippen molar-refractivity contribution in [3.63, 3.8) is 0 Å². The second-order valence-corrected chi connectivity index (χ2v) is 9.94. The van der Waals surface area contributed by atoms with Crippen molar-refractivity contribution in [3.05, 3.63) is 41.5 Å². The average Bonchev–Trinajstić information content (AvgIpc) is 2.72. The predicted molar refractivity (Wildman–Crippen MR) is 126 cm³/mol. The first kappa shape index (κ1) is 28.6. The first-order valence-electron chi connectivity index (χ1n) is 12.0. The van der Waals surface area contributed by atoms with E-state index in [0.717, 1.165) is 36.5 Å². The molecule has 0 heterocycles. The minimum absolute atomic E-state index is 0. The molecule has 0 radical (unpaired) electrons. The molecule has 0 aliphatic carbocycles. The molecule has 0 bridgehead atoms. The van der Waals surface area contributed by atoms with Gasteiger partial charge in [-0.05, 0) is 59.7 Å². The van der Waals surface area contributed by atoms with Crippen molar-refractivity contribution < 1.29 is 42.5 Å². The summed E-state index contributed by atoms with van der Waals surface area (Å²) in [7, 11) is -4.47. The van der Waals surface area contributed by atoms with Gasteiger partial charge in [-0.3, -0.25) is 0 Å². The summed E-state index contributed by atoms with van der Waals surface area (Å²) in [6, 6.07) is 9.63. The van der Waals surface area contributed by atoms with E-state index in [1.165, 1.54) is 63.4 Å². The molecule has 0 aliphatic rings. The fourth-order valence-corrected chi connectivity index (χ4v) is 5.01. The Hall–Kier alpha value is -0.390. The summed E-state index contributed by atoms with van der Waals surface area (Å²) in [5, 5.41) is 1.97. The van der Waals surface area contributed by atoms with Crippen LogP contribution in [0, 0.1) is 0 Å². The molecule has 0 fully saturated rings. The van der Waals surface area contributed by atoms with Crippen molar-refractivity contribution in [3.8, 4) is 0 Å². The third-order valence-corrected chi connectivity index (χ3v) is 6.94. The zero-order chi connectivity index (χ0) is 21.8. The summed E-state index contributed by atoms with van der Waals surface area (Å²) >= 11 is 0. The summed E-state index contributed by atoms with van der Waals surface area (Å²) < 4.78 is 35.7. The standard InChI is InChI=1S/C26H40O3S.Na/c1-3-5-7-9-11-13-16-22-18-15-19-23-21-26(30(27,28)29)24(20-25(22)23)17-14-12-10-8-6-4-2;/h15,18-21H,3-14,16-17H2,1-2H3,(H,27,28,29);/q;+1/p-1. The molecule has 0 amide bonds. The van der Waals surface area contributed by atoms with Gasteiger partial charge in [-0.25, -0.2) is 8.42 Å². The predicted octanol–water partition coefficient (Wildman–Crippen LogP) is 4.55. The van der Waals surface area contributed by atoms with E-state index in [4.69, 9.17) is 0 Å². The molecule has 0 saturated carbocycles. The number of fused-ring (bicyclic) bond motifs is 1. The largest absolute Gasteiger partial charge is 1.00 e.